The molecule has 9 heteroatoms. The number of fused-ring (bicyclic) bond motifs is 1. The zero-order chi connectivity index (χ0) is 23.5. The van der Waals surface area contributed by atoms with Gasteiger partial charge < -0.3 is 19.3 Å². The fourth-order valence-electron chi connectivity index (χ4n) is 4.00. The van der Waals surface area contributed by atoms with Crippen LogP contribution in [0.5, 0.6) is 5.75 Å². The highest BCUT2D eigenvalue weighted by molar-refractivity contribution is 6.42. The van der Waals surface area contributed by atoms with Gasteiger partial charge in [-0.25, -0.2) is 9.78 Å². The number of halogens is 2. The molecule has 2 aliphatic rings. The van der Waals surface area contributed by atoms with Gasteiger partial charge in [-0.1, -0.05) is 41.9 Å². The van der Waals surface area contributed by atoms with Crippen LogP contribution in [0.25, 0.3) is 0 Å². The molecule has 4 rings (SSSR count). The zero-order valence-electron chi connectivity index (χ0n) is 18.1. The van der Waals surface area contributed by atoms with Gasteiger partial charge in [-0.05, 0) is 31.2 Å². The molecule has 33 heavy (non-hydrogen) atoms. The largest absolute Gasteiger partial charge is 0.489 e. The van der Waals surface area contributed by atoms with Crippen molar-refractivity contribution in [3.05, 3.63) is 76.1 Å². The van der Waals surface area contributed by atoms with Gasteiger partial charge in [-0.15, -0.1) is 0 Å². The number of aromatic nitrogens is 1. The van der Waals surface area contributed by atoms with Crippen LogP contribution in [0, 0.1) is 0 Å². The fourth-order valence-corrected chi connectivity index (χ4v) is 4.46. The van der Waals surface area contributed by atoms with E-state index in [1.54, 1.807) is 42.2 Å². The van der Waals surface area contributed by atoms with Crippen molar-refractivity contribution in [1.29, 1.82) is 0 Å². The van der Waals surface area contributed by atoms with E-state index < -0.39 is 5.97 Å². The van der Waals surface area contributed by atoms with Gasteiger partial charge in [0.15, 0.2) is 0 Å². The van der Waals surface area contributed by atoms with Crippen LogP contribution in [0.3, 0.4) is 0 Å². The Morgan fingerprint density at radius 1 is 1.27 bits per heavy atom. The van der Waals surface area contributed by atoms with E-state index in [1.807, 2.05) is 11.0 Å². The standard InChI is InChI=1S/C24H23Cl2N3O4/c1-3-9-33-19-7-6-18(25)23(26)22(19)16-10-17-13-28(14-21(30)29(17)12-16)20-8-5-15(11-27-20)24(31)32-4-2/h3,5-8,10-11,16H,1,4,9,12-14H2,2H3/t16-/m0/s1. The molecule has 0 spiro atoms. The minimum Gasteiger partial charge on any atom is -0.489 e. The van der Waals surface area contributed by atoms with Crippen LogP contribution in [0.15, 0.2) is 54.9 Å². The molecule has 3 heterocycles. The van der Waals surface area contributed by atoms with Crippen LogP contribution in [-0.4, -0.2) is 54.6 Å². The topological polar surface area (TPSA) is 72.0 Å². The summed E-state index contributed by atoms with van der Waals surface area (Å²) in [5.41, 5.74) is 1.98. The fraction of sp³-hybridized carbons (Fsp3) is 0.292. The number of anilines is 1. The van der Waals surface area contributed by atoms with Crippen molar-refractivity contribution in [3.63, 3.8) is 0 Å². The number of piperazine rings is 1. The van der Waals surface area contributed by atoms with Crippen LogP contribution in [0.1, 0.15) is 28.8 Å². The second-order valence-corrected chi connectivity index (χ2v) is 8.41. The SMILES string of the molecule is C=CCOc1ccc(Cl)c(Cl)c1[C@H]1C=C2CN(c3ccc(C(=O)OCC)cn3)CC(=O)N2C1. The first-order valence-corrected chi connectivity index (χ1v) is 11.3. The van der Waals surface area contributed by atoms with Crippen LogP contribution in [0.2, 0.25) is 10.0 Å². The number of hydrogen-bond donors (Lipinski definition) is 0. The number of nitrogens with zero attached hydrogens (tertiary/aromatic N) is 3. The van der Waals surface area contributed by atoms with Crippen LogP contribution in [-0.2, 0) is 9.53 Å². The molecule has 1 saturated heterocycles. The van der Waals surface area contributed by atoms with E-state index in [1.165, 1.54) is 6.20 Å². The first-order valence-electron chi connectivity index (χ1n) is 10.5. The Hall–Kier alpha value is -3.03. The van der Waals surface area contributed by atoms with Gasteiger partial charge in [0.25, 0.3) is 0 Å². The van der Waals surface area contributed by atoms with Gasteiger partial charge in [0.05, 0.1) is 35.3 Å². The number of ether oxygens (including phenoxy) is 2. The summed E-state index contributed by atoms with van der Waals surface area (Å²) in [6, 6.07) is 6.85. The van der Waals surface area contributed by atoms with Gasteiger partial charge in [-0.3, -0.25) is 4.79 Å². The Morgan fingerprint density at radius 2 is 2.09 bits per heavy atom. The Bertz CT molecular complexity index is 1120. The molecule has 2 aromatic rings. The second kappa shape index (κ2) is 9.85. The summed E-state index contributed by atoms with van der Waals surface area (Å²) >= 11 is 12.8. The van der Waals surface area contributed by atoms with Crippen molar-refractivity contribution in [2.75, 3.05) is 37.7 Å². The average molecular weight is 488 g/mol. The summed E-state index contributed by atoms with van der Waals surface area (Å²) in [6.45, 7) is 7.20. The molecule has 172 valence electrons. The highest BCUT2D eigenvalue weighted by Gasteiger charge is 2.37. The van der Waals surface area contributed by atoms with Gasteiger partial charge in [0.2, 0.25) is 5.91 Å². The van der Waals surface area contributed by atoms with Gasteiger partial charge in [0, 0.05) is 29.9 Å². The lowest BCUT2D eigenvalue weighted by molar-refractivity contribution is -0.128. The minimum absolute atomic E-state index is 0.0435. The van der Waals surface area contributed by atoms with E-state index in [2.05, 4.69) is 11.6 Å². The Kier molecular flexibility index (Phi) is 6.91. The molecule has 0 bridgehead atoms. The lowest BCUT2D eigenvalue weighted by Gasteiger charge is -2.34. The van der Waals surface area contributed by atoms with Gasteiger partial charge >= 0.3 is 5.97 Å². The monoisotopic (exact) mass is 487 g/mol. The van der Waals surface area contributed by atoms with E-state index in [0.29, 0.717) is 53.5 Å². The van der Waals surface area contributed by atoms with E-state index in [9.17, 15) is 9.59 Å². The van der Waals surface area contributed by atoms with Gasteiger partial charge in [-0.2, -0.15) is 0 Å². The third-order valence-corrected chi connectivity index (χ3v) is 6.32. The number of rotatable bonds is 7. The number of hydrogen-bond acceptors (Lipinski definition) is 6. The first kappa shape index (κ1) is 23.1. The third-order valence-electron chi connectivity index (χ3n) is 5.50. The molecule has 1 amide bonds. The Morgan fingerprint density at radius 3 is 2.79 bits per heavy atom. The smallest absolute Gasteiger partial charge is 0.339 e. The first-order chi connectivity index (χ1) is 15.9. The molecule has 7 nitrogen and oxygen atoms in total. The van der Waals surface area contributed by atoms with Crippen molar-refractivity contribution in [2.45, 2.75) is 12.8 Å². The maximum absolute atomic E-state index is 12.9. The van der Waals surface area contributed by atoms with Gasteiger partial charge in [0.1, 0.15) is 18.2 Å². The summed E-state index contributed by atoms with van der Waals surface area (Å²) in [6.07, 6.45) is 5.14. The molecule has 2 aliphatic heterocycles. The molecule has 0 radical (unpaired) electrons. The Balaban J connectivity index is 1.58. The number of amides is 1. The van der Waals surface area contributed by atoms with Crippen molar-refractivity contribution in [3.8, 4) is 5.75 Å². The normalized spacial score (nSPS) is 17.5. The van der Waals surface area contributed by atoms with E-state index in [0.717, 1.165) is 11.3 Å². The maximum atomic E-state index is 12.9. The second-order valence-electron chi connectivity index (χ2n) is 7.62. The lowest BCUT2D eigenvalue weighted by Crippen LogP contribution is -2.48. The number of benzene rings is 1. The van der Waals surface area contributed by atoms with Crippen LogP contribution >= 0.6 is 23.2 Å². The number of carbonyl (C=O) groups is 2. The van der Waals surface area contributed by atoms with E-state index >= 15 is 0 Å². The highest BCUT2D eigenvalue weighted by Crippen LogP contribution is 2.43. The van der Waals surface area contributed by atoms with E-state index in [-0.39, 0.29) is 18.4 Å². The average Bonchev–Trinajstić information content (AvgIpc) is 3.24. The molecular formula is C24H23Cl2N3O4. The lowest BCUT2D eigenvalue weighted by atomic mass is 9.98. The summed E-state index contributed by atoms with van der Waals surface area (Å²) < 4.78 is 10.8. The summed E-state index contributed by atoms with van der Waals surface area (Å²) in [4.78, 5) is 32.8. The molecule has 0 aliphatic carbocycles. The van der Waals surface area contributed by atoms with Crippen molar-refractivity contribution in [1.82, 2.24) is 9.88 Å². The predicted octanol–water partition coefficient (Wildman–Crippen LogP) is 4.46. The predicted molar refractivity (Wildman–Crippen MR) is 127 cm³/mol. The molecule has 0 N–H and O–H groups in total. The Labute approximate surface area is 202 Å². The highest BCUT2D eigenvalue weighted by atomic mass is 35.5. The molecule has 1 aromatic heterocycles. The van der Waals surface area contributed by atoms with Crippen LogP contribution < -0.4 is 9.64 Å². The quantitative estimate of drug-likeness (QED) is 0.424. The van der Waals surface area contributed by atoms with E-state index in [4.69, 9.17) is 32.7 Å². The van der Waals surface area contributed by atoms with Crippen molar-refractivity contribution >= 4 is 40.9 Å². The zero-order valence-corrected chi connectivity index (χ0v) is 19.6. The van der Waals surface area contributed by atoms with Crippen molar-refractivity contribution in [2.24, 2.45) is 0 Å². The number of esters is 1. The van der Waals surface area contributed by atoms with Crippen molar-refractivity contribution < 1.29 is 19.1 Å². The molecule has 1 atom stereocenters. The number of pyridine rings is 1. The minimum atomic E-state index is -0.424. The summed E-state index contributed by atoms with van der Waals surface area (Å²) in [5.74, 6) is 0.599. The number of carbonyl (C=O) groups excluding carboxylic acids is 2. The molecule has 1 fully saturated rings. The molecule has 0 saturated carbocycles. The molecule has 1 aromatic carbocycles. The maximum Gasteiger partial charge on any atom is 0.339 e. The summed E-state index contributed by atoms with van der Waals surface area (Å²) in [7, 11) is 0. The van der Waals surface area contributed by atoms with Crippen LogP contribution in [0.4, 0.5) is 5.82 Å². The third kappa shape index (κ3) is 4.70. The molecular weight excluding hydrogens is 465 g/mol. The summed E-state index contributed by atoms with van der Waals surface area (Å²) in [5, 5.41) is 0.847. The molecule has 0 unspecified atom stereocenters.